The number of hydrogen-bond acceptors (Lipinski definition) is 7. The molecule has 0 aliphatic carbocycles. The van der Waals surface area contributed by atoms with Crippen LogP contribution in [0.1, 0.15) is 31.7 Å². The first-order chi connectivity index (χ1) is 15.7. The third kappa shape index (κ3) is 6.09. The smallest absolute Gasteiger partial charge is 0.224 e. The molecule has 0 atom stereocenters. The molecule has 8 nitrogen and oxygen atoms in total. The zero-order chi connectivity index (χ0) is 22.2. The number of aromatic nitrogens is 2. The molecule has 2 fully saturated rings. The summed E-state index contributed by atoms with van der Waals surface area (Å²) >= 11 is 0. The van der Waals surface area contributed by atoms with Crippen LogP contribution >= 0.6 is 0 Å². The summed E-state index contributed by atoms with van der Waals surface area (Å²) in [6.07, 6.45) is 4.39. The van der Waals surface area contributed by atoms with Crippen LogP contribution in [0.5, 0.6) is 0 Å². The highest BCUT2D eigenvalue weighted by molar-refractivity contribution is 5.76. The van der Waals surface area contributed by atoms with Crippen molar-refractivity contribution in [3.63, 3.8) is 0 Å². The Morgan fingerprint density at radius 2 is 1.81 bits per heavy atom. The van der Waals surface area contributed by atoms with E-state index in [0.717, 1.165) is 70.2 Å². The number of hydrogen-bond donors (Lipinski definition) is 2. The fourth-order valence-electron chi connectivity index (χ4n) is 4.32. The summed E-state index contributed by atoms with van der Waals surface area (Å²) < 4.78 is 5.41. The highest BCUT2D eigenvalue weighted by atomic mass is 16.5. The molecule has 1 amide bonds. The van der Waals surface area contributed by atoms with Crippen LogP contribution in [0.2, 0.25) is 0 Å². The van der Waals surface area contributed by atoms with E-state index >= 15 is 0 Å². The maximum Gasteiger partial charge on any atom is 0.224 e. The fraction of sp³-hybridized carbons (Fsp3) is 0.542. The predicted octanol–water partition coefficient (Wildman–Crippen LogP) is 2.67. The molecular weight excluding hydrogens is 404 g/mol. The van der Waals surface area contributed by atoms with Crippen molar-refractivity contribution in [3.8, 4) is 0 Å². The topological polar surface area (TPSA) is 82.6 Å². The van der Waals surface area contributed by atoms with Crippen LogP contribution in [-0.2, 0) is 16.1 Å². The van der Waals surface area contributed by atoms with Crippen LogP contribution in [0, 0.1) is 5.92 Å². The van der Waals surface area contributed by atoms with Gasteiger partial charge >= 0.3 is 0 Å². The minimum absolute atomic E-state index is 0.136. The summed E-state index contributed by atoms with van der Waals surface area (Å²) in [5.74, 6) is 2.19. The van der Waals surface area contributed by atoms with Crippen LogP contribution in [0.4, 0.5) is 17.5 Å². The molecule has 2 aliphatic rings. The van der Waals surface area contributed by atoms with Crippen molar-refractivity contribution in [1.82, 2.24) is 15.3 Å². The molecule has 0 spiro atoms. The highest BCUT2D eigenvalue weighted by Gasteiger charge is 2.22. The second-order valence-electron chi connectivity index (χ2n) is 8.45. The van der Waals surface area contributed by atoms with E-state index in [-0.39, 0.29) is 5.91 Å². The number of benzene rings is 1. The molecule has 0 unspecified atom stereocenters. The Kier molecular flexibility index (Phi) is 7.77. The lowest BCUT2D eigenvalue weighted by Crippen LogP contribution is -2.36. The van der Waals surface area contributed by atoms with E-state index in [1.165, 1.54) is 5.69 Å². The van der Waals surface area contributed by atoms with E-state index < -0.39 is 0 Å². The van der Waals surface area contributed by atoms with Crippen molar-refractivity contribution in [2.24, 2.45) is 5.92 Å². The van der Waals surface area contributed by atoms with Crippen molar-refractivity contribution >= 4 is 23.4 Å². The van der Waals surface area contributed by atoms with Gasteiger partial charge < -0.3 is 25.2 Å². The molecule has 2 aromatic rings. The summed E-state index contributed by atoms with van der Waals surface area (Å²) in [4.78, 5) is 25.9. The lowest BCUT2D eigenvalue weighted by Gasteiger charge is -2.32. The number of carbonyl (C=O) groups excluding carboxylic acids is 1. The molecule has 0 saturated carbocycles. The minimum atomic E-state index is 0.136. The van der Waals surface area contributed by atoms with Crippen molar-refractivity contribution in [3.05, 3.63) is 42.1 Å². The zero-order valence-electron chi connectivity index (χ0n) is 18.9. The van der Waals surface area contributed by atoms with Gasteiger partial charge in [-0.15, -0.1) is 0 Å². The number of piperidine rings is 1. The normalized spacial score (nSPS) is 17.3. The van der Waals surface area contributed by atoms with Crippen molar-refractivity contribution in [2.75, 3.05) is 61.1 Å². The Morgan fingerprint density at radius 3 is 2.53 bits per heavy atom. The first kappa shape index (κ1) is 22.3. The summed E-state index contributed by atoms with van der Waals surface area (Å²) in [6, 6.07) is 10.4. The molecule has 172 valence electrons. The highest BCUT2D eigenvalue weighted by Crippen LogP contribution is 2.24. The zero-order valence-corrected chi connectivity index (χ0v) is 18.9. The molecule has 1 aromatic carbocycles. The molecule has 0 radical (unpaired) electrons. The Bertz CT molecular complexity index is 861. The van der Waals surface area contributed by atoms with Gasteiger partial charge in [-0.25, -0.2) is 4.98 Å². The van der Waals surface area contributed by atoms with Crippen molar-refractivity contribution in [2.45, 2.75) is 32.7 Å². The number of morpholine rings is 1. The second kappa shape index (κ2) is 11.1. The molecule has 32 heavy (non-hydrogen) atoms. The van der Waals surface area contributed by atoms with E-state index in [9.17, 15) is 4.79 Å². The van der Waals surface area contributed by atoms with Crippen molar-refractivity contribution in [1.29, 1.82) is 0 Å². The van der Waals surface area contributed by atoms with Gasteiger partial charge in [0, 0.05) is 57.6 Å². The molecule has 4 rings (SSSR count). The number of nitrogens with zero attached hydrogens (tertiary/aromatic N) is 4. The molecule has 0 bridgehead atoms. The monoisotopic (exact) mass is 438 g/mol. The Labute approximate surface area is 190 Å². The number of amides is 1. The Morgan fingerprint density at radius 1 is 1.06 bits per heavy atom. The summed E-state index contributed by atoms with van der Waals surface area (Å²) in [7, 11) is 0. The molecular formula is C24H34N6O2. The summed E-state index contributed by atoms with van der Waals surface area (Å²) in [6.45, 7) is 8.69. The third-order valence-corrected chi connectivity index (χ3v) is 6.19. The van der Waals surface area contributed by atoms with E-state index in [1.54, 1.807) is 6.20 Å². The SMILES string of the molecule is CCNc1nccc(N2CCC(CC(=O)NCc3ccc(N4CCOCC4)cc3)CC2)n1. The van der Waals surface area contributed by atoms with E-state index in [4.69, 9.17) is 4.74 Å². The number of ether oxygens (including phenoxy) is 1. The predicted molar refractivity (Wildman–Crippen MR) is 127 cm³/mol. The van der Waals surface area contributed by atoms with Gasteiger partial charge in [-0.05, 0) is 49.4 Å². The largest absolute Gasteiger partial charge is 0.378 e. The number of rotatable bonds is 8. The lowest BCUT2D eigenvalue weighted by atomic mass is 9.93. The van der Waals surface area contributed by atoms with E-state index in [0.29, 0.717) is 24.8 Å². The van der Waals surface area contributed by atoms with Crippen LogP contribution in [0.3, 0.4) is 0 Å². The van der Waals surface area contributed by atoms with Crippen LogP contribution in [0.25, 0.3) is 0 Å². The fourth-order valence-corrected chi connectivity index (χ4v) is 4.32. The van der Waals surface area contributed by atoms with Gasteiger partial charge in [-0.3, -0.25) is 4.79 Å². The molecule has 3 heterocycles. The van der Waals surface area contributed by atoms with Crippen LogP contribution in [-0.4, -0.2) is 61.8 Å². The first-order valence-electron chi connectivity index (χ1n) is 11.7. The number of carbonyl (C=O) groups is 1. The average molecular weight is 439 g/mol. The maximum atomic E-state index is 12.5. The van der Waals surface area contributed by atoms with Gasteiger partial charge in [0.15, 0.2) is 0 Å². The second-order valence-corrected chi connectivity index (χ2v) is 8.45. The summed E-state index contributed by atoms with van der Waals surface area (Å²) in [5, 5.41) is 6.25. The minimum Gasteiger partial charge on any atom is -0.378 e. The Hall–Kier alpha value is -2.87. The summed E-state index contributed by atoms with van der Waals surface area (Å²) in [5.41, 5.74) is 2.35. The molecule has 2 saturated heterocycles. The van der Waals surface area contributed by atoms with Crippen LogP contribution < -0.4 is 20.4 Å². The van der Waals surface area contributed by atoms with Gasteiger partial charge in [0.1, 0.15) is 5.82 Å². The van der Waals surface area contributed by atoms with Gasteiger partial charge in [0.05, 0.1) is 13.2 Å². The quantitative estimate of drug-likeness (QED) is 0.656. The van der Waals surface area contributed by atoms with Gasteiger partial charge in [-0.1, -0.05) is 12.1 Å². The average Bonchev–Trinajstić information content (AvgIpc) is 2.84. The molecule has 2 N–H and O–H groups in total. The van der Waals surface area contributed by atoms with E-state index in [1.807, 2.05) is 13.0 Å². The lowest BCUT2D eigenvalue weighted by molar-refractivity contribution is -0.122. The first-order valence-corrected chi connectivity index (χ1v) is 11.7. The molecule has 2 aliphatic heterocycles. The standard InChI is InChI=1S/C24H34N6O2/c1-2-25-24-26-10-7-22(28-24)30-11-8-19(9-12-30)17-23(31)27-18-20-3-5-21(6-4-20)29-13-15-32-16-14-29/h3-7,10,19H,2,8-9,11-18H2,1H3,(H,27,31)(H,25,26,28). The van der Waals surface area contributed by atoms with Gasteiger partial charge in [0.2, 0.25) is 11.9 Å². The van der Waals surface area contributed by atoms with Gasteiger partial charge in [-0.2, -0.15) is 4.98 Å². The van der Waals surface area contributed by atoms with Crippen LogP contribution in [0.15, 0.2) is 36.5 Å². The van der Waals surface area contributed by atoms with Gasteiger partial charge in [0.25, 0.3) is 0 Å². The van der Waals surface area contributed by atoms with Crippen molar-refractivity contribution < 1.29 is 9.53 Å². The third-order valence-electron chi connectivity index (χ3n) is 6.19. The molecule has 8 heteroatoms. The van der Waals surface area contributed by atoms with E-state index in [2.05, 4.69) is 54.7 Å². The Balaban J connectivity index is 1.19. The maximum absolute atomic E-state index is 12.5. The number of anilines is 3. The number of nitrogens with one attached hydrogen (secondary N) is 2. The molecule has 1 aromatic heterocycles.